The second kappa shape index (κ2) is 3.51. The monoisotopic (exact) mass is 148 g/mol. The van der Waals surface area contributed by atoms with Crippen LogP contribution in [0.4, 0.5) is 5.82 Å². The lowest BCUT2D eigenvalue weighted by Gasteiger charge is -1.94. The second-order valence-corrected chi connectivity index (χ2v) is 1.97. The quantitative estimate of drug-likeness (QED) is 0.500. The van der Waals surface area contributed by atoms with Crippen LogP contribution in [0, 0.1) is 0 Å². The Morgan fingerprint density at radius 2 is 2.36 bits per heavy atom. The Labute approximate surface area is 64.6 Å². The fraction of sp³-hybridized carbons (Fsp3) is 0. The van der Waals surface area contributed by atoms with E-state index in [2.05, 4.69) is 4.98 Å². The Kier molecular flexibility index (Phi) is 2.38. The lowest BCUT2D eigenvalue weighted by atomic mass is 10.2. The summed E-state index contributed by atoms with van der Waals surface area (Å²) in [7, 11) is 0. The average molecular weight is 148 g/mol. The lowest BCUT2D eigenvalue weighted by Crippen LogP contribution is -1.91. The van der Waals surface area contributed by atoms with Gasteiger partial charge in [-0.1, -0.05) is 0 Å². The van der Waals surface area contributed by atoms with Crippen molar-refractivity contribution in [3.8, 4) is 0 Å². The minimum atomic E-state index is 0.436. The number of nitrogen functional groups attached to an aromatic ring is 1. The molecule has 1 aromatic rings. The molecule has 2 N–H and O–H groups in total. The standard InChI is InChI=1S/C8H8N2O/c9-8-7(4-2-6-11)3-1-5-10-8/h1-6H,(H2,9,10). The zero-order valence-electron chi connectivity index (χ0n) is 5.90. The Morgan fingerprint density at radius 3 is 3.00 bits per heavy atom. The largest absolute Gasteiger partial charge is 0.383 e. The molecule has 1 rings (SSSR count). The average Bonchev–Trinajstić information content (AvgIpc) is 2.03. The van der Waals surface area contributed by atoms with Crippen molar-refractivity contribution < 1.29 is 4.79 Å². The van der Waals surface area contributed by atoms with Gasteiger partial charge in [0, 0.05) is 11.8 Å². The van der Waals surface area contributed by atoms with E-state index in [1.165, 1.54) is 6.08 Å². The molecule has 0 atom stereocenters. The smallest absolute Gasteiger partial charge is 0.142 e. The summed E-state index contributed by atoms with van der Waals surface area (Å²) in [6.07, 6.45) is 5.31. The van der Waals surface area contributed by atoms with Crippen LogP contribution >= 0.6 is 0 Å². The van der Waals surface area contributed by atoms with E-state index in [9.17, 15) is 4.79 Å². The molecule has 1 heterocycles. The van der Waals surface area contributed by atoms with Gasteiger partial charge in [0.05, 0.1) is 0 Å². The highest BCUT2D eigenvalue weighted by Crippen LogP contribution is 2.07. The number of nitrogens with two attached hydrogens (primary N) is 1. The first-order valence-electron chi connectivity index (χ1n) is 3.17. The van der Waals surface area contributed by atoms with Crippen molar-refractivity contribution in [2.75, 3.05) is 5.73 Å². The van der Waals surface area contributed by atoms with Gasteiger partial charge < -0.3 is 5.73 Å². The Hall–Kier alpha value is -1.64. The molecule has 0 saturated carbocycles. The molecule has 0 aliphatic carbocycles. The number of anilines is 1. The fourth-order valence-electron chi connectivity index (χ4n) is 0.714. The Bertz CT molecular complexity index is 281. The maximum atomic E-state index is 9.94. The third-order valence-electron chi connectivity index (χ3n) is 1.23. The number of allylic oxidation sites excluding steroid dienone is 1. The number of pyridine rings is 1. The molecule has 0 radical (unpaired) electrons. The summed E-state index contributed by atoms with van der Waals surface area (Å²) in [5.74, 6) is 0.436. The van der Waals surface area contributed by atoms with E-state index in [0.717, 1.165) is 5.56 Å². The summed E-state index contributed by atoms with van der Waals surface area (Å²) in [5, 5.41) is 0. The SMILES string of the molecule is Nc1ncccc1C=CC=O. The van der Waals surface area contributed by atoms with Crippen LogP contribution in [0.25, 0.3) is 6.08 Å². The van der Waals surface area contributed by atoms with Gasteiger partial charge in [0.2, 0.25) is 0 Å². The summed E-state index contributed by atoms with van der Waals surface area (Å²) >= 11 is 0. The van der Waals surface area contributed by atoms with Gasteiger partial charge in [-0.3, -0.25) is 4.79 Å². The van der Waals surface area contributed by atoms with Crippen molar-refractivity contribution in [3.05, 3.63) is 30.0 Å². The van der Waals surface area contributed by atoms with Crippen LogP contribution in [0.5, 0.6) is 0 Å². The zero-order chi connectivity index (χ0) is 8.10. The number of hydrogen-bond acceptors (Lipinski definition) is 3. The van der Waals surface area contributed by atoms with Gasteiger partial charge in [0.15, 0.2) is 0 Å². The van der Waals surface area contributed by atoms with Crippen LogP contribution in [0.1, 0.15) is 5.56 Å². The summed E-state index contributed by atoms with van der Waals surface area (Å²) in [5.41, 5.74) is 6.25. The summed E-state index contributed by atoms with van der Waals surface area (Å²) < 4.78 is 0. The lowest BCUT2D eigenvalue weighted by molar-refractivity contribution is -0.104. The number of nitrogens with zero attached hydrogens (tertiary/aromatic N) is 1. The first-order valence-corrected chi connectivity index (χ1v) is 3.17. The van der Waals surface area contributed by atoms with Crippen LogP contribution in [0.3, 0.4) is 0 Å². The fourth-order valence-corrected chi connectivity index (χ4v) is 0.714. The van der Waals surface area contributed by atoms with Crippen LogP contribution in [-0.4, -0.2) is 11.3 Å². The maximum absolute atomic E-state index is 9.94. The molecule has 3 nitrogen and oxygen atoms in total. The van der Waals surface area contributed by atoms with E-state index in [0.29, 0.717) is 12.1 Å². The number of carbonyl (C=O) groups excluding carboxylic acids is 1. The third-order valence-corrected chi connectivity index (χ3v) is 1.23. The van der Waals surface area contributed by atoms with Crippen molar-refractivity contribution in [3.63, 3.8) is 0 Å². The Balaban J connectivity index is 2.94. The Morgan fingerprint density at radius 1 is 1.55 bits per heavy atom. The predicted molar refractivity (Wildman–Crippen MR) is 43.7 cm³/mol. The molecule has 3 heteroatoms. The van der Waals surface area contributed by atoms with Crippen LogP contribution in [-0.2, 0) is 4.79 Å². The number of hydrogen-bond donors (Lipinski definition) is 1. The topological polar surface area (TPSA) is 56.0 Å². The highest BCUT2D eigenvalue weighted by Gasteiger charge is 1.91. The van der Waals surface area contributed by atoms with E-state index in [4.69, 9.17) is 5.73 Å². The molecule has 56 valence electrons. The molecule has 0 unspecified atom stereocenters. The van der Waals surface area contributed by atoms with Crippen molar-refractivity contribution >= 4 is 18.2 Å². The van der Waals surface area contributed by atoms with Gasteiger partial charge >= 0.3 is 0 Å². The van der Waals surface area contributed by atoms with Crippen molar-refractivity contribution in [1.82, 2.24) is 4.98 Å². The van der Waals surface area contributed by atoms with Crippen LogP contribution in [0.2, 0.25) is 0 Å². The van der Waals surface area contributed by atoms with Gasteiger partial charge in [-0.2, -0.15) is 0 Å². The summed E-state index contributed by atoms with van der Waals surface area (Å²) in [6.45, 7) is 0. The van der Waals surface area contributed by atoms with E-state index in [-0.39, 0.29) is 0 Å². The highest BCUT2D eigenvalue weighted by atomic mass is 16.1. The summed E-state index contributed by atoms with van der Waals surface area (Å²) in [4.78, 5) is 13.8. The highest BCUT2D eigenvalue weighted by molar-refractivity contribution is 5.76. The minimum absolute atomic E-state index is 0.436. The molecule has 0 fully saturated rings. The molecule has 0 spiro atoms. The van der Waals surface area contributed by atoms with Crippen molar-refractivity contribution in [2.45, 2.75) is 0 Å². The van der Waals surface area contributed by atoms with Crippen molar-refractivity contribution in [1.29, 1.82) is 0 Å². The molecule has 0 bridgehead atoms. The van der Waals surface area contributed by atoms with E-state index >= 15 is 0 Å². The van der Waals surface area contributed by atoms with E-state index in [1.807, 2.05) is 0 Å². The molecular weight excluding hydrogens is 140 g/mol. The second-order valence-electron chi connectivity index (χ2n) is 1.97. The maximum Gasteiger partial charge on any atom is 0.142 e. The normalized spacial score (nSPS) is 10.2. The molecular formula is C8H8N2O. The minimum Gasteiger partial charge on any atom is -0.383 e. The van der Waals surface area contributed by atoms with Gasteiger partial charge in [-0.05, 0) is 24.3 Å². The van der Waals surface area contributed by atoms with Crippen molar-refractivity contribution in [2.24, 2.45) is 0 Å². The van der Waals surface area contributed by atoms with Gasteiger partial charge in [-0.15, -0.1) is 0 Å². The number of aldehydes is 1. The third kappa shape index (κ3) is 1.89. The van der Waals surface area contributed by atoms with Crippen LogP contribution in [0.15, 0.2) is 24.4 Å². The van der Waals surface area contributed by atoms with E-state index < -0.39 is 0 Å². The summed E-state index contributed by atoms with van der Waals surface area (Å²) in [6, 6.07) is 3.56. The van der Waals surface area contributed by atoms with Gasteiger partial charge in [0.1, 0.15) is 12.1 Å². The zero-order valence-corrected chi connectivity index (χ0v) is 5.90. The first kappa shape index (κ1) is 7.47. The molecule has 0 aliphatic heterocycles. The first-order chi connectivity index (χ1) is 5.34. The van der Waals surface area contributed by atoms with Crippen LogP contribution < -0.4 is 5.73 Å². The molecule has 11 heavy (non-hydrogen) atoms. The molecule has 0 amide bonds. The number of carbonyl (C=O) groups is 1. The number of rotatable bonds is 2. The molecule has 0 aromatic carbocycles. The van der Waals surface area contributed by atoms with Gasteiger partial charge in [0.25, 0.3) is 0 Å². The van der Waals surface area contributed by atoms with Gasteiger partial charge in [-0.25, -0.2) is 4.98 Å². The predicted octanol–water partition coefficient (Wildman–Crippen LogP) is 0.876. The van der Waals surface area contributed by atoms with E-state index in [1.54, 1.807) is 24.4 Å². The molecule has 0 saturated heterocycles. The molecule has 1 aromatic heterocycles. The number of aromatic nitrogens is 1. The molecule has 0 aliphatic rings.